The van der Waals surface area contributed by atoms with E-state index in [-0.39, 0.29) is 12.4 Å². The second-order valence-corrected chi connectivity index (χ2v) is 10.8. The number of hydrogen-bond acceptors (Lipinski definition) is 3. The molecule has 4 rings (SSSR count). The van der Waals surface area contributed by atoms with Gasteiger partial charge in [0.15, 0.2) is 6.35 Å². The van der Waals surface area contributed by atoms with E-state index in [4.69, 9.17) is 10.00 Å². The Balaban J connectivity index is 0.000000289. The van der Waals surface area contributed by atoms with E-state index in [2.05, 4.69) is 91.0 Å². The van der Waals surface area contributed by atoms with Crippen LogP contribution in [0.5, 0.6) is 0 Å². The molecule has 0 saturated carbocycles. The Bertz CT molecular complexity index is 1070. The maximum Gasteiger partial charge on any atom is 0.170 e. The van der Waals surface area contributed by atoms with Crippen LogP contribution in [0.15, 0.2) is 115 Å². The van der Waals surface area contributed by atoms with Crippen molar-refractivity contribution in [2.75, 3.05) is 13.5 Å². The lowest BCUT2D eigenvalue weighted by Gasteiger charge is -2.26. The van der Waals surface area contributed by atoms with Crippen LogP contribution in [-0.2, 0) is 16.0 Å². The number of methoxy groups -OCH3 is 1. The van der Waals surface area contributed by atoms with Crippen LogP contribution in [0, 0.1) is 11.3 Å². The molecule has 0 aromatic heterocycles. The summed E-state index contributed by atoms with van der Waals surface area (Å²) in [5, 5.41) is 12.5. The largest absolute Gasteiger partial charge is 1.00 e. The lowest BCUT2D eigenvalue weighted by molar-refractivity contribution is -0.107. The Labute approximate surface area is 208 Å². The summed E-state index contributed by atoms with van der Waals surface area (Å²) in [6.45, 7) is 0. The number of nitriles is 1. The summed E-state index contributed by atoms with van der Waals surface area (Å²) in [5.74, 6) is 0. The van der Waals surface area contributed by atoms with Gasteiger partial charge in [-0.25, -0.2) is 0 Å². The van der Waals surface area contributed by atoms with Gasteiger partial charge in [-0.3, -0.25) is 0 Å². The maximum absolute atomic E-state index is 10.1. The average Bonchev–Trinajstić information content (AvgIpc) is 2.90. The highest BCUT2D eigenvalue weighted by Crippen LogP contribution is 2.54. The minimum atomic E-state index is -1.78. The van der Waals surface area contributed by atoms with E-state index in [1.165, 1.54) is 15.9 Å². The second kappa shape index (κ2) is 14.1. The van der Waals surface area contributed by atoms with Crippen LogP contribution in [-0.4, -0.2) is 19.7 Å². The minimum Gasteiger partial charge on any atom is -1.00 e. The fraction of sp³-hybridized carbons (Fsp3) is 0.103. The smallest absolute Gasteiger partial charge is 0.170 e. The third-order valence-corrected chi connectivity index (χ3v) is 9.50. The van der Waals surface area contributed by atoms with Crippen molar-refractivity contribution in [2.24, 2.45) is 0 Å². The molecule has 172 valence electrons. The molecule has 0 heterocycles. The SMILES string of the molecule is COC[P+](c1ccccc1)(c1ccccc1)c1ccccc1.N#Cc1ccc(CC=O)cc1.[Cl-]. The highest BCUT2D eigenvalue weighted by atomic mass is 35.5. The van der Waals surface area contributed by atoms with Gasteiger partial charge >= 0.3 is 0 Å². The van der Waals surface area contributed by atoms with Crippen LogP contribution in [0.25, 0.3) is 0 Å². The number of ether oxygens (including phenoxy) is 1. The Morgan fingerprint density at radius 2 is 1.15 bits per heavy atom. The Kier molecular flexibility index (Phi) is 11.2. The van der Waals surface area contributed by atoms with Crippen LogP contribution >= 0.6 is 7.26 Å². The van der Waals surface area contributed by atoms with Crippen molar-refractivity contribution in [3.05, 3.63) is 126 Å². The molecule has 4 aromatic rings. The fourth-order valence-electron chi connectivity index (χ4n) is 3.72. The molecule has 0 aliphatic rings. The molecule has 0 bridgehead atoms. The van der Waals surface area contributed by atoms with Gasteiger partial charge < -0.3 is 21.9 Å². The molecule has 0 amide bonds. The normalized spacial score (nSPS) is 10.1. The maximum atomic E-state index is 10.1. The quantitative estimate of drug-likeness (QED) is 0.295. The molecule has 4 aromatic carbocycles. The third kappa shape index (κ3) is 6.62. The number of hydrogen-bond donors (Lipinski definition) is 0. The number of nitrogens with zero attached hydrogens (tertiary/aromatic N) is 1. The molecule has 0 aliphatic carbocycles. The third-order valence-electron chi connectivity index (χ3n) is 5.32. The first-order valence-corrected chi connectivity index (χ1v) is 12.7. The lowest BCUT2D eigenvalue weighted by Crippen LogP contribution is -3.00. The molecule has 0 N–H and O–H groups in total. The monoisotopic (exact) mass is 487 g/mol. The minimum absolute atomic E-state index is 0. The van der Waals surface area contributed by atoms with Crippen molar-refractivity contribution in [3.63, 3.8) is 0 Å². The molecular formula is C29H27ClNO2P. The molecule has 0 saturated heterocycles. The van der Waals surface area contributed by atoms with E-state index in [0.717, 1.165) is 11.8 Å². The second-order valence-electron chi connectivity index (χ2n) is 7.41. The molecule has 0 atom stereocenters. The number of aldehydes is 1. The predicted octanol–water partition coefficient (Wildman–Crippen LogP) is 1.89. The van der Waals surface area contributed by atoms with E-state index < -0.39 is 7.26 Å². The fourth-order valence-corrected chi connectivity index (χ4v) is 7.50. The molecule has 5 heteroatoms. The van der Waals surface area contributed by atoms with Crippen molar-refractivity contribution in [1.29, 1.82) is 5.26 Å². The zero-order valence-corrected chi connectivity index (χ0v) is 20.7. The van der Waals surface area contributed by atoms with Gasteiger partial charge in [0.1, 0.15) is 29.5 Å². The summed E-state index contributed by atoms with van der Waals surface area (Å²) in [4.78, 5) is 10.1. The van der Waals surface area contributed by atoms with Gasteiger partial charge in [0.2, 0.25) is 0 Å². The molecular weight excluding hydrogens is 461 g/mol. The lowest BCUT2D eigenvalue weighted by atomic mass is 10.1. The van der Waals surface area contributed by atoms with Gasteiger partial charge in [0, 0.05) is 13.5 Å². The van der Waals surface area contributed by atoms with Gasteiger partial charge in [-0.1, -0.05) is 66.7 Å². The summed E-state index contributed by atoms with van der Waals surface area (Å²) in [6.07, 6.45) is 1.98. The van der Waals surface area contributed by atoms with Crippen molar-refractivity contribution >= 4 is 29.5 Å². The number of carbonyl (C=O) groups is 1. The summed E-state index contributed by atoms with van der Waals surface area (Å²) in [7, 11) is 0.0197. The van der Waals surface area contributed by atoms with Crippen LogP contribution in [0.2, 0.25) is 0 Å². The predicted molar refractivity (Wildman–Crippen MR) is 138 cm³/mol. The van der Waals surface area contributed by atoms with E-state index in [1.807, 2.05) is 6.07 Å². The standard InChI is InChI=1S/C20H20OP.C9H7NO.ClH/c1-21-17-22(18-11-5-2-6-12-18,19-13-7-3-8-14-19)20-15-9-4-10-16-20;10-7-9-3-1-8(2-4-9)5-6-11;/h2-16H,17H2,1H3;1-4,6H,5H2;1H/q+1;;/p-1. The number of halogens is 1. The Morgan fingerprint density at radius 1 is 0.735 bits per heavy atom. The summed E-state index contributed by atoms with van der Waals surface area (Å²) < 4.78 is 5.72. The van der Waals surface area contributed by atoms with Gasteiger partial charge in [-0.05, 0) is 54.1 Å². The molecule has 0 spiro atoms. The number of carbonyl (C=O) groups excluding carboxylic acids is 1. The first-order chi connectivity index (χ1) is 16.2. The zero-order chi connectivity index (χ0) is 23.4. The average molecular weight is 488 g/mol. The van der Waals surface area contributed by atoms with Gasteiger partial charge in [0.25, 0.3) is 0 Å². The van der Waals surface area contributed by atoms with Crippen molar-refractivity contribution in [2.45, 2.75) is 6.42 Å². The topological polar surface area (TPSA) is 50.1 Å². The molecule has 3 nitrogen and oxygen atoms in total. The van der Waals surface area contributed by atoms with Crippen molar-refractivity contribution < 1.29 is 21.9 Å². The van der Waals surface area contributed by atoms with Gasteiger partial charge in [-0.15, -0.1) is 0 Å². The first-order valence-electron chi connectivity index (χ1n) is 10.7. The molecule has 0 aliphatic heterocycles. The molecule has 0 radical (unpaired) electrons. The van der Waals surface area contributed by atoms with E-state index in [0.29, 0.717) is 18.3 Å². The van der Waals surface area contributed by atoms with Gasteiger partial charge in [-0.2, -0.15) is 5.26 Å². The summed E-state index contributed by atoms with van der Waals surface area (Å²) in [5.41, 5.74) is 1.57. The van der Waals surface area contributed by atoms with Crippen LogP contribution in [0.4, 0.5) is 0 Å². The number of benzene rings is 4. The Hall–Kier alpha value is -3.28. The first kappa shape index (κ1) is 27.0. The summed E-state index contributed by atoms with van der Waals surface area (Å²) in [6, 6.07) is 41.3. The zero-order valence-electron chi connectivity index (χ0n) is 19.1. The van der Waals surface area contributed by atoms with Crippen molar-refractivity contribution in [1.82, 2.24) is 0 Å². The Morgan fingerprint density at radius 3 is 1.47 bits per heavy atom. The van der Waals surface area contributed by atoms with E-state index in [9.17, 15) is 4.79 Å². The van der Waals surface area contributed by atoms with Crippen molar-refractivity contribution in [3.8, 4) is 6.07 Å². The highest BCUT2D eigenvalue weighted by Gasteiger charge is 2.45. The van der Waals surface area contributed by atoms with Crippen LogP contribution in [0.3, 0.4) is 0 Å². The van der Waals surface area contributed by atoms with Crippen LogP contribution < -0.4 is 28.3 Å². The number of rotatable bonds is 7. The summed E-state index contributed by atoms with van der Waals surface area (Å²) >= 11 is 0. The molecule has 0 fully saturated rings. The molecule has 0 unspecified atom stereocenters. The van der Waals surface area contributed by atoms with E-state index >= 15 is 0 Å². The van der Waals surface area contributed by atoms with Crippen LogP contribution in [0.1, 0.15) is 11.1 Å². The van der Waals surface area contributed by atoms with Gasteiger partial charge in [0.05, 0.1) is 11.6 Å². The molecule has 34 heavy (non-hydrogen) atoms. The highest BCUT2D eigenvalue weighted by molar-refractivity contribution is 7.95. The van der Waals surface area contributed by atoms with E-state index in [1.54, 1.807) is 31.4 Å².